The quantitative estimate of drug-likeness (QED) is 0.544. The van der Waals surface area contributed by atoms with E-state index in [1.165, 1.54) is 0 Å². The van der Waals surface area contributed by atoms with E-state index in [1.807, 2.05) is 17.5 Å². The minimum atomic E-state index is -0.282. The van der Waals surface area contributed by atoms with Crippen molar-refractivity contribution in [2.24, 2.45) is 4.99 Å². The summed E-state index contributed by atoms with van der Waals surface area (Å²) >= 11 is 1.59. The van der Waals surface area contributed by atoms with Gasteiger partial charge in [0.15, 0.2) is 0 Å². The molecule has 70 valence electrons. The van der Waals surface area contributed by atoms with E-state index in [4.69, 9.17) is 4.74 Å². The number of carbonyl (C=O) groups excluding carboxylic acids is 1. The molecule has 0 saturated carbocycles. The van der Waals surface area contributed by atoms with Crippen molar-refractivity contribution in [1.29, 1.82) is 0 Å². The number of hydrogen-bond donors (Lipinski definition) is 0. The van der Waals surface area contributed by atoms with E-state index in [2.05, 4.69) is 4.99 Å². The molecule has 1 aromatic rings. The summed E-state index contributed by atoms with van der Waals surface area (Å²) in [4.78, 5) is 15.8. The Balaban J connectivity index is 2.30. The second kappa shape index (κ2) is 5.48. The van der Waals surface area contributed by atoms with Gasteiger partial charge in [0.2, 0.25) is 0 Å². The van der Waals surface area contributed by atoms with Crippen LogP contribution in [0.3, 0.4) is 0 Å². The van der Waals surface area contributed by atoms with Gasteiger partial charge in [0.25, 0.3) is 0 Å². The lowest BCUT2D eigenvalue weighted by Crippen LogP contribution is -2.07. The number of aliphatic imine (C=N–C) groups is 1. The molecule has 3 nitrogen and oxygen atoms in total. The molecule has 0 saturated heterocycles. The van der Waals surface area contributed by atoms with Crippen molar-refractivity contribution in [2.45, 2.75) is 6.92 Å². The van der Waals surface area contributed by atoms with Gasteiger partial charge in [0.1, 0.15) is 6.54 Å². The Kier molecular flexibility index (Phi) is 4.18. The van der Waals surface area contributed by atoms with Gasteiger partial charge >= 0.3 is 5.97 Å². The van der Waals surface area contributed by atoms with Crippen molar-refractivity contribution in [3.63, 3.8) is 0 Å². The summed E-state index contributed by atoms with van der Waals surface area (Å²) in [6.07, 6.45) is 1.68. The van der Waals surface area contributed by atoms with Crippen LogP contribution in [0.5, 0.6) is 0 Å². The number of carbonyl (C=O) groups is 1. The zero-order valence-electron chi connectivity index (χ0n) is 7.40. The van der Waals surface area contributed by atoms with Crippen molar-refractivity contribution in [3.05, 3.63) is 22.4 Å². The summed E-state index contributed by atoms with van der Waals surface area (Å²) in [6.45, 7) is 2.29. The van der Waals surface area contributed by atoms with E-state index >= 15 is 0 Å². The molecular formula is C9H11NO2S. The van der Waals surface area contributed by atoms with E-state index in [1.54, 1.807) is 24.5 Å². The molecule has 0 aliphatic carbocycles. The summed E-state index contributed by atoms with van der Waals surface area (Å²) in [5, 5.41) is 1.96. The summed E-state index contributed by atoms with van der Waals surface area (Å²) in [5.74, 6) is -0.282. The molecule has 1 aromatic heterocycles. The topological polar surface area (TPSA) is 38.7 Å². The number of hydrogen-bond acceptors (Lipinski definition) is 4. The molecule has 0 aliphatic rings. The van der Waals surface area contributed by atoms with E-state index < -0.39 is 0 Å². The lowest BCUT2D eigenvalue weighted by Gasteiger charge is -1.95. The Morgan fingerprint density at radius 2 is 2.62 bits per heavy atom. The summed E-state index contributed by atoms with van der Waals surface area (Å²) in [5.41, 5.74) is 0. The third-order valence-corrected chi connectivity index (χ3v) is 2.09. The van der Waals surface area contributed by atoms with Crippen molar-refractivity contribution in [1.82, 2.24) is 0 Å². The molecule has 4 heteroatoms. The van der Waals surface area contributed by atoms with Crippen LogP contribution in [0.4, 0.5) is 0 Å². The van der Waals surface area contributed by atoms with Crippen LogP contribution in [-0.2, 0) is 9.53 Å². The van der Waals surface area contributed by atoms with E-state index in [9.17, 15) is 4.79 Å². The predicted octanol–water partition coefficient (Wildman–Crippen LogP) is 1.73. The molecule has 0 N–H and O–H groups in total. The van der Waals surface area contributed by atoms with Crippen LogP contribution in [0.1, 0.15) is 11.8 Å². The van der Waals surface area contributed by atoms with Crippen LogP contribution in [0.15, 0.2) is 22.5 Å². The van der Waals surface area contributed by atoms with Gasteiger partial charge in [-0.1, -0.05) is 6.07 Å². The Morgan fingerprint density at radius 1 is 1.77 bits per heavy atom. The zero-order valence-corrected chi connectivity index (χ0v) is 8.21. The number of rotatable bonds is 4. The second-order valence-corrected chi connectivity index (χ2v) is 3.27. The molecule has 0 bridgehead atoms. The number of ether oxygens (including phenoxy) is 1. The third-order valence-electron chi connectivity index (χ3n) is 1.29. The van der Waals surface area contributed by atoms with Crippen molar-refractivity contribution in [2.75, 3.05) is 13.2 Å². The molecule has 0 radical (unpaired) electrons. The second-order valence-electron chi connectivity index (χ2n) is 2.29. The fourth-order valence-corrected chi connectivity index (χ4v) is 1.39. The molecule has 1 rings (SSSR count). The predicted molar refractivity (Wildman–Crippen MR) is 53.4 cm³/mol. The Bertz CT molecular complexity index is 280. The molecule has 0 spiro atoms. The van der Waals surface area contributed by atoms with E-state index in [0.717, 1.165) is 4.88 Å². The average Bonchev–Trinajstić information content (AvgIpc) is 2.57. The standard InChI is InChI=1S/C9H11NO2S/c1-2-12-9(11)7-10-6-8-4-3-5-13-8/h3-6H,2,7H2,1H3. The van der Waals surface area contributed by atoms with Gasteiger partial charge in [-0.3, -0.25) is 9.79 Å². The first-order chi connectivity index (χ1) is 6.33. The van der Waals surface area contributed by atoms with Crippen LogP contribution in [0, 0.1) is 0 Å². The van der Waals surface area contributed by atoms with Crippen molar-refractivity contribution >= 4 is 23.5 Å². The zero-order chi connectivity index (χ0) is 9.52. The van der Waals surface area contributed by atoms with Gasteiger partial charge < -0.3 is 4.74 Å². The molecule has 0 aromatic carbocycles. The Morgan fingerprint density at radius 3 is 3.23 bits per heavy atom. The maximum absolute atomic E-state index is 10.8. The number of thiophene rings is 1. The molecule has 13 heavy (non-hydrogen) atoms. The van der Waals surface area contributed by atoms with Gasteiger partial charge in [-0.2, -0.15) is 0 Å². The molecular weight excluding hydrogens is 186 g/mol. The lowest BCUT2D eigenvalue weighted by atomic mass is 10.5. The SMILES string of the molecule is CCOC(=O)CN=Cc1cccs1. The highest BCUT2D eigenvalue weighted by Crippen LogP contribution is 2.04. The van der Waals surface area contributed by atoms with Crippen LogP contribution >= 0.6 is 11.3 Å². The molecule has 0 fully saturated rings. The van der Waals surface area contributed by atoms with Crippen LogP contribution in [0.25, 0.3) is 0 Å². The lowest BCUT2D eigenvalue weighted by molar-refractivity contribution is -0.141. The number of nitrogens with zero attached hydrogens (tertiary/aromatic N) is 1. The normalized spacial score (nSPS) is 10.5. The van der Waals surface area contributed by atoms with Gasteiger partial charge in [-0.15, -0.1) is 11.3 Å². The molecule has 0 atom stereocenters. The molecule has 1 heterocycles. The van der Waals surface area contributed by atoms with Crippen LogP contribution in [0.2, 0.25) is 0 Å². The van der Waals surface area contributed by atoms with Gasteiger partial charge in [0.05, 0.1) is 6.61 Å². The summed E-state index contributed by atoms with van der Waals surface area (Å²) in [6, 6.07) is 3.88. The van der Waals surface area contributed by atoms with Crippen molar-refractivity contribution in [3.8, 4) is 0 Å². The Hall–Kier alpha value is -1.16. The minimum Gasteiger partial charge on any atom is -0.465 e. The smallest absolute Gasteiger partial charge is 0.327 e. The van der Waals surface area contributed by atoms with Crippen molar-refractivity contribution < 1.29 is 9.53 Å². The summed E-state index contributed by atoms with van der Waals surface area (Å²) < 4.78 is 4.71. The van der Waals surface area contributed by atoms with Gasteiger partial charge in [0, 0.05) is 11.1 Å². The molecule has 0 aliphatic heterocycles. The first kappa shape index (κ1) is 9.92. The maximum atomic E-state index is 10.8. The maximum Gasteiger partial charge on any atom is 0.327 e. The first-order valence-corrected chi connectivity index (χ1v) is 4.90. The molecule has 0 unspecified atom stereocenters. The fourth-order valence-electron chi connectivity index (χ4n) is 0.782. The van der Waals surface area contributed by atoms with Gasteiger partial charge in [-0.25, -0.2) is 0 Å². The van der Waals surface area contributed by atoms with Crippen LogP contribution in [-0.4, -0.2) is 25.3 Å². The fraction of sp³-hybridized carbons (Fsp3) is 0.333. The highest BCUT2D eigenvalue weighted by Gasteiger charge is 1.96. The third kappa shape index (κ3) is 3.85. The highest BCUT2D eigenvalue weighted by molar-refractivity contribution is 7.11. The average molecular weight is 197 g/mol. The minimum absolute atomic E-state index is 0.103. The first-order valence-electron chi connectivity index (χ1n) is 4.02. The summed E-state index contributed by atoms with van der Waals surface area (Å²) in [7, 11) is 0. The monoisotopic (exact) mass is 197 g/mol. The van der Waals surface area contributed by atoms with Gasteiger partial charge in [-0.05, 0) is 18.4 Å². The Labute approximate surface area is 81.1 Å². The largest absolute Gasteiger partial charge is 0.465 e. The van der Waals surface area contributed by atoms with Crippen LogP contribution < -0.4 is 0 Å². The van der Waals surface area contributed by atoms with E-state index in [-0.39, 0.29) is 12.5 Å². The van der Waals surface area contributed by atoms with E-state index in [0.29, 0.717) is 6.61 Å². The highest BCUT2D eigenvalue weighted by atomic mass is 32.1. The number of esters is 1. The molecule has 0 amide bonds.